The Morgan fingerprint density at radius 1 is 1.13 bits per heavy atom. The van der Waals surface area contributed by atoms with Crippen LogP contribution in [0.3, 0.4) is 0 Å². The highest BCUT2D eigenvalue weighted by atomic mass is 14.9. The van der Waals surface area contributed by atoms with Crippen molar-refractivity contribution in [2.24, 2.45) is 11.3 Å². The highest BCUT2D eigenvalue weighted by Crippen LogP contribution is 2.28. The van der Waals surface area contributed by atoms with Gasteiger partial charge in [-0.2, -0.15) is 0 Å². The minimum Gasteiger partial charge on any atom is -0.313 e. The van der Waals surface area contributed by atoms with Gasteiger partial charge >= 0.3 is 0 Å². The van der Waals surface area contributed by atoms with Gasteiger partial charge in [-0.3, -0.25) is 0 Å². The van der Waals surface area contributed by atoms with Gasteiger partial charge in [0.05, 0.1) is 0 Å². The van der Waals surface area contributed by atoms with Crippen LogP contribution in [0.5, 0.6) is 0 Å². The van der Waals surface area contributed by atoms with E-state index in [-0.39, 0.29) is 0 Å². The third-order valence-electron chi connectivity index (χ3n) is 3.55. The number of hydrogen-bond acceptors (Lipinski definition) is 1. The van der Waals surface area contributed by atoms with Gasteiger partial charge < -0.3 is 5.32 Å². The first kappa shape index (κ1) is 13.0. The summed E-state index contributed by atoms with van der Waals surface area (Å²) < 4.78 is 0. The molecule has 1 aliphatic carbocycles. The maximum absolute atomic E-state index is 3.78. The van der Waals surface area contributed by atoms with E-state index in [1.54, 1.807) is 0 Å². The third kappa shape index (κ3) is 5.01. The van der Waals surface area contributed by atoms with E-state index in [4.69, 9.17) is 0 Å². The summed E-state index contributed by atoms with van der Waals surface area (Å²) in [5.74, 6) is 0.950. The van der Waals surface area contributed by atoms with Crippen LogP contribution in [0.25, 0.3) is 0 Å². The first-order valence-electron chi connectivity index (χ1n) is 6.76. The molecule has 1 fully saturated rings. The van der Waals surface area contributed by atoms with Crippen LogP contribution in [0, 0.1) is 11.3 Å². The van der Waals surface area contributed by atoms with Gasteiger partial charge in [-0.15, -0.1) is 0 Å². The Morgan fingerprint density at radius 2 is 1.73 bits per heavy atom. The van der Waals surface area contributed by atoms with E-state index >= 15 is 0 Å². The summed E-state index contributed by atoms with van der Waals surface area (Å²) in [5.41, 5.74) is 0.419. The van der Waals surface area contributed by atoms with Crippen molar-refractivity contribution in [1.29, 1.82) is 0 Å². The molecule has 0 aromatic rings. The zero-order valence-electron chi connectivity index (χ0n) is 11.1. The summed E-state index contributed by atoms with van der Waals surface area (Å²) in [6.45, 7) is 10.4. The molecule has 0 radical (unpaired) electrons. The molecule has 1 atom stereocenters. The van der Waals surface area contributed by atoms with Gasteiger partial charge in [0.1, 0.15) is 0 Å². The molecular weight excluding hydrogens is 182 g/mol. The molecule has 1 nitrogen and oxygen atoms in total. The van der Waals surface area contributed by atoms with E-state index in [1.165, 1.54) is 38.5 Å². The van der Waals surface area contributed by atoms with Gasteiger partial charge in [-0.1, -0.05) is 47.0 Å². The van der Waals surface area contributed by atoms with Crippen LogP contribution in [0.1, 0.15) is 66.2 Å². The van der Waals surface area contributed by atoms with E-state index in [0.717, 1.165) is 18.5 Å². The Bertz CT molecular complexity index is 163. The highest BCUT2D eigenvalue weighted by Gasteiger charge is 2.23. The first-order chi connectivity index (χ1) is 7.03. The fourth-order valence-corrected chi connectivity index (χ4v) is 2.62. The van der Waals surface area contributed by atoms with Gasteiger partial charge in [0, 0.05) is 12.6 Å². The SMILES string of the molecule is CCC(NCC(C)(C)C)C1CCCCC1. The Balaban J connectivity index is 2.34. The standard InChI is InChI=1S/C14H29N/c1-5-13(15-11-14(2,3)4)12-9-7-6-8-10-12/h12-13,15H,5-11H2,1-4H3. The summed E-state index contributed by atoms with van der Waals surface area (Å²) >= 11 is 0. The second kappa shape index (κ2) is 5.89. The van der Waals surface area contributed by atoms with Crippen molar-refractivity contribution >= 4 is 0 Å². The van der Waals surface area contributed by atoms with Crippen molar-refractivity contribution in [2.45, 2.75) is 72.3 Å². The second-order valence-electron chi connectivity index (χ2n) is 6.35. The van der Waals surface area contributed by atoms with Crippen molar-refractivity contribution in [3.8, 4) is 0 Å². The van der Waals surface area contributed by atoms with Crippen LogP contribution in [0.2, 0.25) is 0 Å². The van der Waals surface area contributed by atoms with Crippen LogP contribution >= 0.6 is 0 Å². The van der Waals surface area contributed by atoms with Crippen LogP contribution in [0.4, 0.5) is 0 Å². The van der Waals surface area contributed by atoms with Crippen LogP contribution < -0.4 is 5.32 Å². The lowest BCUT2D eigenvalue weighted by Gasteiger charge is -2.32. The van der Waals surface area contributed by atoms with Gasteiger partial charge in [0.2, 0.25) is 0 Å². The highest BCUT2D eigenvalue weighted by molar-refractivity contribution is 4.80. The molecule has 15 heavy (non-hydrogen) atoms. The smallest absolute Gasteiger partial charge is 0.00929 e. The normalized spacial score (nSPS) is 21.6. The summed E-state index contributed by atoms with van der Waals surface area (Å²) in [5, 5.41) is 3.78. The molecule has 0 aliphatic heterocycles. The minimum atomic E-state index is 0.419. The maximum Gasteiger partial charge on any atom is 0.00929 e. The average molecular weight is 211 g/mol. The Kier molecular flexibility index (Phi) is 5.11. The molecule has 1 saturated carbocycles. The van der Waals surface area contributed by atoms with E-state index < -0.39 is 0 Å². The minimum absolute atomic E-state index is 0.419. The van der Waals surface area contributed by atoms with Crippen molar-refractivity contribution in [1.82, 2.24) is 5.32 Å². The number of rotatable bonds is 4. The van der Waals surface area contributed by atoms with Gasteiger partial charge in [-0.25, -0.2) is 0 Å². The predicted octanol–water partition coefficient (Wildman–Crippen LogP) is 3.98. The molecule has 1 heteroatoms. The second-order valence-corrected chi connectivity index (χ2v) is 6.35. The van der Waals surface area contributed by atoms with Crippen molar-refractivity contribution in [3.05, 3.63) is 0 Å². The molecule has 0 saturated heterocycles. The molecule has 0 heterocycles. The lowest BCUT2D eigenvalue weighted by molar-refractivity contribution is 0.239. The first-order valence-corrected chi connectivity index (χ1v) is 6.76. The molecular formula is C14H29N. The van der Waals surface area contributed by atoms with E-state index in [9.17, 15) is 0 Å². The van der Waals surface area contributed by atoms with E-state index in [1.807, 2.05) is 0 Å². The third-order valence-corrected chi connectivity index (χ3v) is 3.55. The Labute approximate surface area is 96.0 Å². The fourth-order valence-electron chi connectivity index (χ4n) is 2.62. The zero-order chi connectivity index (χ0) is 11.3. The lowest BCUT2D eigenvalue weighted by Crippen LogP contribution is -2.41. The maximum atomic E-state index is 3.78. The summed E-state index contributed by atoms with van der Waals surface area (Å²) in [6.07, 6.45) is 8.58. The van der Waals surface area contributed by atoms with Crippen LogP contribution in [-0.4, -0.2) is 12.6 Å². The van der Waals surface area contributed by atoms with Crippen LogP contribution in [0.15, 0.2) is 0 Å². The summed E-state index contributed by atoms with van der Waals surface area (Å²) in [6, 6.07) is 0.768. The van der Waals surface area contributed by atoms with Crippen molar-refractivity contribution in [3.63, 3.8) is 0 Å². The molecule has 1 aliphatic rings. The van der Waals surface area contributed by atoms with Crippen molar-refractivity contribution in [2.75, 3.05) is 6.54 Å². The Morgan fingerprint density at radius 3 is 2.20 bits per heavy atom. The molecule has 90 valence electrons. The number of hydrogen-bond donors (Lipinski definition) is 1. The summed E-state index contributed by atoms with van der Waals surface area (Å²) in [4.78, 5) is 0. The molecule has 1 rings (SSSR count). The van der Waals surface area contributed by atoms with Gasteiger partial charge in [0.25, 0.3) is 0 Å². The molecule has 1 N–H and O–H groups in total. The van der Waals surface area contributed by atoms with Gasteiger partial charge in [0.15, 0.2) is 0 Å². The molecule has 0 bridgehead atoms. The lowest BCUT2D eigenvalue weighted by atomic mass is 9.82. The van der Waals surface area contributed by atoms with E-state index in [0.29, 0.717) is 5.41 Å². The Hall–Kier alpha value is -0.0400. The molecule has 0 amide bonds. The fraction of sp³-hybridized carbons (Fsp3) is 1.00. The number of nitrogens with one attached hydrogen (secondary N) is 1. The predicted molar refractivity (Wildman–Crippen MR) is 68.1 cm³/mol. The molecule has 0 aromatic carbocycles. The molecule has 1 unspecified atom stereocenters. The van der Waals surface area contributed by atoms with E-state index in [2.05, 4.69) is 33.0 Å². The monoisotopic (exact) mass is 211 g/mol. The molecule has 0 aromatic heterocycles. The van der Waals surface area contributed by atoms with Gasteiger partial charge in [-0.05, 0) is 30.6 Å². The largest absolute Gasteiger partial charge is 0.313 e. The molecule has 0 spiro atoms. The van der Waals surface area contributed by atoms with Crippen molar-refractivity contribution < 1.29 is 0 Å². The zero-order valence-corrected chi connectivity index (χ0v) is 11.1. The summed E-state index contributed by atoms with van der Waals surface area (Å²) in [7, 11) is 0. The quantitative estimate of drug-likeness (QED) is 0.741. The topological polar surface area (TPSA) is 12.0 Å². The average Bonchev–Trinajstić information content (AvgIpc) is 2.19. The van der Waals surface area contributed by atoms with Crippen LogP contribution in [-0.2, 0) is 0 Å².